The van der Waals surface area contributed by atoms with Gasteiger partial charge in [0.2, 0.25) is 0 Å². The highest BCUT2D eigenvalue weighted by atomic mass is 32.2. The Morgan fingerprint density at radius 3 is 2.39 bits per heavy atom. The van der Waals surface area contributed by atoms with Crippen LogP contribution in [0, 0.1) is 6.92 Å². The average Bonchev–Trinajstić information content (AvgIpc) is 3.40. The van der Waals surface area contributed by atoms with Crippen LogP contribution in [-0.2, 0) is 17.1 Å². The second-order valence-corrected chi connectivity index (χ2v) is 9.73. The Bertz CT molecular complexity index is 1800. The molecule has 0 aliphatic heterocycles. The molecule has 0 fully saturated rings. The fraction of sp³-hybridized carbons (Fsp3) is 0.0833. The maximum absolute atomic E-state index is 13.9. The molecule has 162 valence electrons. The molecule has 0 atom stereocenters. The third-order valence-electron chi connectivity index (χ3n) is 5.81. The van der Waals surface area contributed by atoms with Crippen molar-refractivity contribution in [1.82, 2.24) is 28.7 Å². The molecule has 8 nitrogen and oxygen atoms in total. The summed E-state index contributed by atoms with van der Waals surface area (Å²) in [5, 5.41) is 5.87. The molecule has 0 saturated carbocycles. The maximum atomic E-state index is 13.9. The summed E-state index contributed by atoms with van der Waals surface area (Å²) in [6, 6.07) is 14.2. The fourth-order valence-corrected chi connectivity index (χ4v) is 5.65. The zero-order valence-corrected chi connectivity index (χ0v) is 18.7. The van der Waals surface area contributed by atoms with Crippen LogP contribution in [0.15, 0.2) is 78.2 Å². The molecule has 0 aliphatic carbocycles. The highest BCUT2D eigenvalue weighted by Gasteiger charge is 2.26. The normalized spacial score (nSPS) is 12.2. The molecule has 0 radical (unpaired) electrons. The third kappa shape index (κ3) is 2.93. The summed E-state index contributed by atoms with van der Waals surface area (Å²) in [5.74, 6) is 0. The molecule has 9 heteroatoms. The van der Waals surface area contributed by atoms with Gasteiger partial charge in [0.15, 0.2) is 5.65 Å². The molecule has 0 aliphatic rings. The quantitative estimate of drug-likeness (QED) is 0.400. The number of rotatable bonds is 3. The highest BCUT2D eigenvalue weighted by Crippen LogP contribution is 2.35. The molecule has 0 spiro atoms. The van der Waals surface area contributed by atoms with Gasteiger partial charge in [0.05, 0.1) is 33.3 Å². The highest BCUT2D eigenvalue weighted by molar-refractivity contribution is 7.90. The summed E-state index contributed by atoms with van der Waals surface area (Å²) in [5.41, 5.74) is 4.76. The Hall–Kier alpha value is -4.11. The van der Waals surface area contributed by atoms with E-state index in [0.717, 1.165) is 22.0 Å². The van der Waals surface area contributed by atoms with Crippen molar-refractivity contribution in [2.75, 3.05) is 0 Å². The third-order valence-corrected chi connectivity index (χ3v) is 7.52. The van der Waals surface area contributed by atoms with E-state index in [2.05, 4.69) is 20.1 Å². The molecule has 33 heavy (non-hydrogen) atoms. The van der Waals surface area contributed by atoms with Crippen LogP contribution in [0.2, 0.25) is 0 Å². The summed E-state index contributed by atoms with van der Waals surface area (Å²) in [7, 11) is -2.11. The first-order valence-electron chi connectivity index (χ1n) is 10.3. The van der Waals surface area contributed by atoms with E-state index in [1.807, 2.05) is 38.2 Å². The lowest BCUT2D eigenvalue weighted by atomic mass is 10.1. The first kappa shape index (κ1) is 19.6. The van der Waals surface area contributed by atoms with Gasteiger partial charge in [-0.15, -0.1) is 0 Å². The summed E-state index contributed by atoms with van der Waals surface area (Å²) >= 11 is 0. The second-order valence-electron chi connectivity index (χ2n) is 7.94. The van der Waals surface area contributed by atoms with Crippen molar-refractivity contribution in [2.45, 2.75) is 11.8 Å². The van der Waals surface area contributed by atoms with Gasteiger partial charge >= 0.3 is 0 Å². The van der Waals surface area contributed by atoms with Crippen LogP contribution in [0.4, 0.5) is 0 Å². The lowest BCUT2D eigenvalue weighted by Crippen LogP contribution is -2.14. The van der Waals surface area contributed by atoms with E-state index in [1.54, 1.807) is 53.7 Å². The van der Waals surface area contributed by atoms with E-state index in [0.29, 0.717) is 27.8 Å². The Morgan fingerprint density at radius 1 is 0.848 bits per heavy atom. The van der Waals surface area contributed by atoms with Gasteiger partial charge in [0.1, 0.15) is 0 Å². The van der Waals surface area contributed by atoms with Crippen molar-refractivity contribution in [2.24, 2.45) is 7.05 Å². The van der Waals surface area contributed by atoms with Crippen molar-refractivity contribution in [3.63, 3.8) is 0 Å². The predicted molar refractivity (Wildman–Crippen MR) is 126 cm³/mol. The Kier molecular flexibility index (Phi) is 4.12. The lowest BCUT2D eigenvalue weighted by Gasteiger charge is -2.12. The Morgan fingerprint density at radius 2 is 1.61 bits per heavy atom. The summed E-state index contributed by atoms with van der Waals surface area (Å²) in [6.45, 7) is 1.92. The smallest absolute Gasteiger partial charge is 0.267 e. The number of nitrogens with zero attached hydrogens (tertiary/aromatic N) is 6. The zero-order chi connectivity index (χ0) is 22.7. The van der Waals surface area contributed by atoms with Crippen molar-refractivity contribution >= 4 is 43.0 Å². The van der Waals surface area contributed by atoms with E-state index in [4.69, 9.17) is 0 Å². The summed E-state index contributed by atoms with van der Waals surface area (Å²) in [4.78, 5) is 13.4. The van der Waals surface area contributed by atoms with E-state index >= 15 is 0 Å². The molecule has 2 aromatic carbocycles. The second kappa shape index (κ2) is 6.94. The molecule has 0 saturated heterocycles. The molecule has 0 unspecified atom stereocenters. The average molecular weight is 455 g/mol. The van der Waals surface area contributed by atoms with Gasteiger partial charge in [-0.05, 0) is 37.3 Å². The van der Waals surface area contributed by atoms with E-state index in [1.165, 1.54) is 3.97 Å². The van der Waals surface area contributed by atoms with Crippen LogP contribution < -0.4 is 0 Å². The minimum atomic E-state index is -3.95. The largest absolute Gasteiger partial charge is 0.269 e. The Balaban J connectivity index is 1.73. The molecule has 4 heterocycles. The Labute approximate surface area is 189 Å². The van der Waals surface area contributed by atoms with Gasteiger partial charge in [-0.3, -0.25) is 14.6 Å². The summed E-state index contributed by atoms with van der Waals surface area (Å²) in [6.07, 6.45) is 6.62. The van der Waals surface area contributed by atoms with Gasteiger partial charge in [-0.25, -0.2) is 17.4 Å². The van der Waals surface area contributed by atoms with Gasteiger partial charge in [0.25, 0.3) is 10.0 Å². The first-order chi connectivity index (χ1) is 15.9. The molecular weight excluding hydrogens is 436 g/mol. The molecule has 4 aromatic heterocycles. The number of aromatic nitrogens is 6. The first-order valence-corrected chi connectivity index (χ1v) is 11.7. The van der Waals surface area contributed by atoms with Gasteiger partial charge < -0.3 is 0 Å². The van der Waals surface area contributed by atoms with Crippen LogP contribution in [0.3, 0.4) is 0 Å². The number of hydrogen-bond acceptors (Lipinski definition) is 6. The minimum absolute atomic E-state index is 0.194. The van der Waals surface area contributed by atoms with Crippen molar-refractivity contribution < 1.29 is 8.42 Å². The zero-order valence-electron chi connectivity index (χ0n) is 17.8. The molecule has 0 bridgehead atoms. The van der Waals surface area contributed by atoms with Gasteiger partial charge in [-0.1, -0.05) is 23.8 Å². The number of benzene rings is 2. The SMILES string of the molecule is Cc1ccc(S(=O)(=O)n2c(-c3ccc4nccnc4c3)cc3c4c(cnc32)cnn4C)cc1. The molecular formula is C24H18N6O2S. The number of pyridine rings is 1. The lowest BCUT2D eigenvalue weighted by molar-refractivity contribution is 0.589. The maximum Gasteiger partial charge on any atom is 0.269 e. The standard InChI is InChI=1S/C24H18N6O2S/c1-15-3-6-18(7-4-15)33(31,32)30-22(16-5-8-20-21(11-16)26-10-9-25-20)12-19-23-17(13-27-24(19)30)14-28-29(23)2/h3-14H,1-2H3. The van der Waals surface area contributed by atoms with Crippen LogP contribution in [0.5, 0.6) is 0 Å². The molecule has 6 rings (SSSR count). The number of aryl methyl sites for hydroxylation is 2. The molecule has 0 amide bonds. The van der Waals surface area contributed by atoms with Crippen LogP contribution in [0.1, 0.15) is 5.56 Å². The molecule has 6 aromatic rings. The topological polar surface area (TPSA) is 95.6 Å². The van der Waals surface area contributed by atoms with Crippen LogP contribution in [0.25, 0.3) is 44.2 Å². The number of hydrogen-bond donors (Lipinski definition) is 0. The van der Waals surface area contributed by atoms with Crippen LogP contribution >= 0.6 is 0 Å². The van der Waals surface area contributed by atoms with E-state index in [-0.39, 0.29) is 4.90 Å². The monoisotopic (exact) mass is 454 g/mol. The summed E-state index contributed by atoms with van der Waals surface area (Å²) < 4.78 is 30.9. The molecule has 0 N–H and O–H groups in total. The van der Waals surface area contributed by atoms with E-state index < -0.39 is 10.0 Å². The number of fused-ring (bicyclic) bond motifs is 4. The van der Waals surface area contributed by atoms with Crippen molar-refractivity contribution in [3.05, 3.63) is 78.9 Å². The van der Waals surface area contributed by atoms with Gasteiger partial charge in [0, 0.05) is 42.0 Å². The van der Waals surface area contributed by atoms with Crippen molar-refractivity contribution in [1.29, 1.82) is 0 Å². The minimum Gasteiger partial charge on any atom is -0.267 e. The fourth-order valence-electron chi connectivity index (χ4n) is 4.17. The van der Waals surface area contributed by atoms with Gasteiger partial charge in [-0.2, -0.15) is 5.10 Å². The van der Waals surface area contributed by atoms with E-state index in [9.17, 15) is 8.42 Å². The van der Waals surface area contributed by atoms with Crippen LogP contribution in [-0.4, -0.2) is 37.1 Å². The predicted octanol–water partition coefficient (Wildman–Crippen LogP) is 4.08. The van der Waals surface area contributed by atoms with Crippen molar-refractivity contribution in [3.8, 4) is 11.3 Å².